The fourth-order valence-corrected chi connectivity index (χ4v) is 3.77. The summed E-state index contributed by atoms with van der Waals surface area (Å²) >= 11 is 5.24. The van der Waals surface area contributed by atoms with Crippen LogP contribution in [0.25, 0.3) is 10.8 Å². The largest absolute Gasteiger partial charge is 0.320 e. The molecule has 0 amide bonds. The van der Waals surface area contributed by atoms with Crippen molar-refractivity contribution in [2.45, 2.75) is 13.0 Å². The van der Waals surface area contributed by atoms with Crippen LogP contribution in [-0.4, -0.2) is 4.98 Å². The van der Waals surface area contributed by atoms with Crippen LogP contribution >= 0.6 is 27.3 Å². The highest BCUT2D eigenvalue weighted by Gasteiger charge is 2.15. The molecule has 0 aliphatic heterocycles. The van der Waals surface area contributed by atoms with Gasteiger partial charge < -0.3 is 5.73 Å². The average molecular weight is 333 g/mol. The summed E-state index contributed by atoms with van der Waals surface area (Å²) in [5.41, 5.74) is 8.72. The molecule has 1 unspecified atom stereocenters. The Bertz CT molecular complexity index is 711. The SMILES string of the molecule is Cc1cc(C(N)c2cncc3ccccc23)sc1Br. The quantitative estimate of drug-likeness (QED) is 0.754. The minimum absolute atomic E-state index is 0.131. The number of benzene rings is 1. The molecule has 2 heterocycles. The van der Waals surface area contributed by atoms with E-state index >= 15 is 0 Å². The van der Waals surface area contributed by atoms with E-state index in [9.17, 15) is 0 Å². The molecule has 0 saturated carbocycles. The number of aryl methyl sites for hydroxylation is 1. The summed E-state index contributed by atoms with van der Waals surface area (Å²) < 4.78 is 1.14. The second-order valence-electron chi connectivity index (χ2n) is 4.53. The summed E-state index contributed by atoms with van der Waals surface area (Å²) in [7, 11) is 0. The van der Waals surface area contributed by atoms with Gasteiger partial charge in [0.25, 0.3) is 0 Å². The van der Waals surface area contributed by atoms with Gasteiger partial charge in [-0.15, -0.1) is 11.3 Å². The van der Waals surface area contributed by atoms with Gasteiger partial charge in [-0.2, -0.15) is 0 Å². The monoisotopic (exact) mass is 332 g/mol. The van der Waals surface area contributed by atoms with Crippen LogP contribution in [0.3, 0.4) is 0 Å². The van der Waals surface area contributed by atoms with E-state index in [1.165, 1.54) is 10.9 Å². The summed E-state index contributed by atoms with van der Waals surface area (Å²) in [6, 6.07) is 10.2. The third-order valence-corrected chi connectivity index (χ3v) is 5.44. The van der Waals surface area contributed by atoms with Crippen LogP contribution in [0.1, 0.15) is 22.0 Å². The molecule has 3 rings (SSSR count). The number of nitrogens with two attached hydrogens (primary N) is 1. The predicted molar refractivity (Wildman–Crippen MR) is 84.5 cm³/mol. The molecule has 96 valence electrons. The first-order chi connectivity index (χ1) is 9.16. The Hall–Kier alpha value is -1.23. The van der Waals surface area contributed by atoms with Crippen LogP contribution in [0.5, 0.6) is 0 Å². The summed E-state index contributed by atoms with van der Waals surface area (Å²) in [6.45, 7) is 2.08. The lowest BCUT2D eigenvalue weighted by molar-refractivity contribution is 0.894. The first kappa shape index (κ1) is 12.8. The number of hydrogen-bond donors (Lipinski definition) is 1. The van der Waals surface area contributed by atoms with Crippen molar-refractivity contribution >= 4 is 38.0 Å². The second kappa shape index (κ2) is 5.04. The maximum atomic E-state index is 6.41. The minimum Gasteiger partial charge on any atom is -0.320 e. The number of pyridine rings is 1. The van der Waals surface area contributed by atoms with Gasteiger partial charge in [0, 0.05) is 28.2 Å². The number of fused-ring (bicyclic) bond motifs is 1. The number of nitrogens with zero attached hydrogens (tertiary/aromatic N) is 1. The summed E-state index contributed by atoms with van der Waals surface area (Å²) in [5.74, 6) is 0. The molecule has 2 aromatic heterocycles. The minimum atomic E-state index is -0.131. The number of aromatic nitrogens is 1. The van der Waals surface area contributed by atoms with E-state index in [-0.39, 0.29) is 6.04 Å². The fraction of sp³-hybridized carbons (Fsp3) is 0.133. The highest BCUT2D eigenvalue weighted by molar-refractivity contribution is 9.11. The lowest BCUT2D eigenvalue weighted by Gasteiger charge is -2.12. The Morgan fingerprint density at radius 1 is 1.26 bits per heavy atom. The molecule has 2 nitrogen and oxygen atoms in total. The third-order valence-electron chi connectivity index (χ3n) is 3.22. The van der Waals surface area contributed by atoms with Crippen LogP contribution in [0.15, 0.2) is 46.5 Å². The molecule has 19 heavy (non-hydrogen) atoms. The first-order valence-electron chi connectivity index (χ1n) is 6.01. The van der Waals surface area contributed by atoms with E-state index in [2.05, 4.69) is 46.0 Å². The number of halogens is 1. The zero-order valence-corrected chi connectivity index (χ0v) is 12.8. The molecule has 0 spiro atoms. The molecule has 2 N–H and O–H groups in total. The van der Waals surface area contributed by atoms with Gasteiger partial charge in [-0.05, 0) is 39.9 Å². The molecular weight excluding hydrogens is 320 g/mol. The first-order valence-corrected chi connectivity index (χ1v) is 7.62. The van der Waals surface area contributed by atoms with Crippen LogP contribution in [0.4, 0.5) is 0 Å². The maximum Gasteiger partial charge on any atom is 0.0731 e. The molecule has 0 aliphatic rings. The molecule has 0 saturated heterocycles. The van der Waals surface area contributed by atoms with Crippen molar-refractivity contribution in [2.24, 2.45) is 5.73 Å². The van der Waals surface area contributed by atoms with E-state index in [0.717, 1.165) is 19.6 Å². The van der Waals surface area contributed by atoms with E-state index in [0.29, 0.717) is 0 Å². The average Bonchev–Trinajstić information content (AvgIpc) is 2.77. The Balaban J connectivity index is 2.13. The van der Waals surface area contributed by atoms with Crippen LogP contribution < -0.4 is 5.73 Å². The zero-order valence-electron chi connectivity index (χ0n) is 10.4. The van der Waals surface area contributed by atoms with Crippen LogP contribution in [-0.2, 0) is 0 Å². The van der Waals surface area contributed by atoms with Crippen molar-refractivity contribution in [1.29, 1.82) is 0 Å². The molecule has 0 aliphatic carbocycles. The fourth-order valence-electron chi connectivity index (χ4n) is 2.18. The van der Waals surface area contributed by atoms with Gasteiger partial charge in [0.15, 0.2) is 0 Å². The zero-order chi connectivity index (χ0) is 13.4. The summed E-state index contributed by atoms with van der Waals surface area (Å²) in [5, 5.41) is 2.30. The van der Waals surface area contributed by atoms with Gasteiger partial charge in [0.05, 0.1) is 9.83 Å². The van der Waals surface area contributed by atoms with Gasteiger partial charge in [0.1, 0.15) is 0 Å². The Morgan fingerprint density at radius 2 is 2.05 bits per heavy atom. The smallest absolute Gasteiger partial charge is 0.0731 e. The number of rotatable bonds is 2. The lowest BCUT2D eigenvalue weighted by atomic mass is 10.0. The van der Waals surface area contributed by atoms with Gasteiger partial charge >= 0.3 is 0 Å². The Kier molecular flexibility index (Phi) is 3.39. The number of thiophene rings is 1. The molecule has 4 heteroatoms. The normalized spacial score (nSPS) is 12.8. The molecular formula is C15H13BrN2S. The second-order valence-corrected chi connectivity index (χ2v) is 6.93. The van der Waals surface area contributed by atoms with Gasteiger partial charge in [-0.3, -0.25) is 4.98 Å². The highest BCUT2D eigenvalue weighted by atomic mass is 79.9. The predicted octanol–water partition coefficient (Wildman–Crippen LogP) is 4.42. The van der Waals surface area contributed by atoms with E-state index < -0.39 is 0 Å². The van der Waals surface area contributed by atoms with Crippen molar-refractivity contribution in [1.82, 2.24) is 4.98 Å². The molecule has 1 atom stereocenters. The molecule has 3 aromatic rings. The third kappa shape index (κ3) is 2.31. The molecule has 0 radical (unpaired) electrons. The van der Waals surface area contributed by atoms with Crippen LogP contribution in [0, 0.1) is 6.92 Å². The molecule has 0 fully saturated rings. The van der Waals surface area contributed by atoms with Gasteiger partial charge in [0.2, 0.25) is 0 Å². The van der Waals surface area contributed by atoms with Crippen LogP contribution in [0.2, 0.25) is 0 Å². The highest BCUT2D eigenvalue weighted by Crippen LogP contribution is 2.34. The topological polar surface area (TPSA) is 38.9 Å². The van der Waals surface area contributed by atoms with Crippen molar-refractivity contribution in [3.8, 4) is 0 Å². The summed E-state index contributed by atoms with van der Waals surface area (Å²) in [6.07, 6.45) is 3.75. The maximum absolute atomic E-state index is 6.41. The van der Waals surface area contributed by atoms with Gasteiger partial charge in [-0.25, -0.2) is 0 Å². The number of hydrogen-bond acceptors (Lipinski definition) is 3. The van der Waals surface area contributed by atoms with Gasteiger partial charge in [-0.1, -0.05) is 24.3 Å². The summed E-state index contributed by atoms with van der Waals surface area (Å²) in [4.78, 5) is 5.46. The lowest BCUT2D eigenvalue weighted by Crippen LogP contribution is -2.11. The van der Waals surface area contributed by atoms with E-state index in [4.69, 9.17) is 5.73 Å². The van der Waals surface area contributed by atoms with Crippen molar-refractivity contribution in [3.05, 3.63) is 62.5 Å². The van der Waals surface area contributed by atoms with Crippen molar-refractivity contribution < 1.29 is 0 Å². The Labute approximate surface area is 124 Å². The van der Waals surface area contributed by atoms with Crippen molar-refractivity contribution in [2.75, 3.05) is 0 Å². The standard InChI is InChI=1S/C15H13BrN2S/c1-9-6-13(19-15(9)16)14(17)12-8-18-7-10-4-2-3-5-11(10)12/h2-8,14H,17H2,1H3. The van der Waals surface area contributed by atoms with E-state index in [1.807, 2.05) is 24.5 Å². The van der Waals surface area contributed by atoms with E-state index in [1.54, 1.807) is 11.3 Å². The molecule has 1 aromatic carbocycles. The van der Waals surface area contributed by atoms with Crippen molar-refractivity contribution in [3.63, 3.8) is 0 Å². The molecule has 0 bridgehead atoms. The Morgan fingerprint density at radius 3 is 2.79 bits per heavy atom.